The first-order valence-electron chi connectivity index (χ1n) is 7.07. The Kier molecular flexibility index (Phi) is 4.21. The number of nitrogens with zero attached hydrogens (tertiary/aromatic N) is 2. The van der Waals surface area contributed by atoms with Crippen LogP contribution in [-0.2, 0) is 25.8 Å². The zero-order valence-corrected chi connectivity index (χ0v) is 11.2. The zero-order valence-electron chi connectivity index (χ0n) is 11.2. The minimum absolute atomic E-state index is 0.731. The van der Waals surface area contributed by atoms with E-state index in [2.05, 4.69) is 18.5 Å². The molecule has 17 heavy (non-hydrogen) atoms. The van der Waals surface area contributed by atoms with Crippen LogP contribution in [0, 0.1) is 5.92 Å². The summed E-state index contributed by atoms with van der Waals surface area (Å²) in [7, 11) is 0. The van der Waals surface area contributed by atoms with E-state index in [0.29, 0.717) is 0 Å². The summed E-state index contributed by atoms with van der Waals surface area (Å²) in [6.07, 6.45) is 7.27. The number of rotatable bonds is 6. The van der Waals surface area contributed by atoms with Gasteiger partial charge in [-0.2, -0.15) is 5.10 Å². The Hall–Kier alpha value is -0.830. The van der Waals surface area contributed by atoms with E-state index in [1.165, 1.54) is 36.2 Å². The molecule has 0 bridgehead atoms. The van der Waals surface area contributed by atoms with Crippen molar-refractivity contribution in [3.63, 3.8) is 0 Å². The van der Waals surface area contributed by atoms with E-state index in [9.17, 15) is 0 Å². The van der Waals surface area contributed by atoms with Crippen LogP contribution in [0.15, 0.2) is 0 Å². The largest absolute Gasteiger partial charge is 0.330 e. The standard InChI is InChI=1S/C14H25N3/c1-3-13-12(8-9-15)14(4-2)17(16-13)10-11-6-5-7-11/h11H,3-10,15H2,1-2H3. The molecule has 3 heteroatoms. The van der Waals surface area contributed by atoms with Crippen LogP contribution >= 0.6 is 0 Å². The lowest BCUT2D eigenvalue weighted by molar-refractivity contribution is 0.263. The maximum Gasteiger partial charge on any atom is 0.0657 e. The Morgan fingerprint density at radius 1 is 1.29 bits per heavy atom. The molecule has 0 aliphatic heterocycles. The lowest BCUT2D eigenvalue weighted by Gasteiger charge is -2.25. The van der Waals surface area contributed by atoms with Crippen molar-refractivity contribution in [2.45, 2.75) is 58.9 Å². The lowest BCUT2D eigenvalue weighted by atomic mass is 9.85. The molecule has 0 radical (unpaired) electrons. The van der Waals surface area contributed by atoms with Crippen LogP contribution in [0.3, 0.4) is 0 Å². The van der Waals surface area contributed by atoms with Gasteiger partial charge in [0.25, 0.3) is 0 Å². The molecule has 1 fully saturated rings. The molecule has 3 nitrogen and oxygen atoms in total. The first kappa shape index (κ1) is 12.6. The maximum absolute atomic E-state index is 5.72. The molecule has 1 aliphatic rings. The van der Waals surface area contributed by atoms with Crippen molar-refractivity contribution in [2.75, 3.05) is 6.54 Å². The molecule has 0 aromatic carbocycles. The summed E-state index contributed by atoms with van der Waals surface area (Å²) >= 11 is 0. The van der Waals surface area contributed by atoms with E-state index < -0.39 is 0 Å². The fourth-order valence-electron chi connectivity index (χ4n) is 2.77. The van der Waals surface area contributed by atoms with Gasteiger partial charge in [0.1, 0.15) is 0 Å². The molecule has 0 unspecified atom stereocenters. The van der Waals surface area contributed by atoms with Gasteiger partial charge in [-0.05, 0) is 50.1 Å². The predicted molar refractivity (Wildman–Crippen MR) is 71.1 cm³/mol. The van der Waals surface area contributed by atoms with Crippen molar-refractivity contribution in [3.05, 3.63) is 17.0 Å². The lowest BCUT2D eigenvalue weighted by Crippen LogP contribution is -2.20. The highest BCUT2D eigenvalue weighted by molar-refractivity contribution is 5.27. The van der Waals surface area contributed by atoms with Gasteiger partial charge >= 0.3 is 0 Å². The van der Waals surface area contributed by atoms with E-state index in [1.807, 2.05) is 0 Å². The van der Waals surface area contributed by atoms with Crippen LogP contribution in [0.4, 0.5) is 0 Å². The first-order valence-corrected chi connectivity index (χ1v) is 7.07. The minimum Gasteiger partial charge on any atom is -0.330 e. The molecule has 1 saturated carbocycles. The highest BCUT2D eigenvalue weighted by Crippen LogP contribution is 2.29. The van der Waals surface area contributed by atoms with Crippen molar-refractivity contribution >= 4 is 0 Å². The van der Waals surface area contributed by atoms with Gasteiger partial charge < -0.3 is 5.73 Å². The zero-order chi connectivity index (χ0) is 12.3. The third-order valence-electron chi connectivity index (χ3n) is 3.97. The van der Waals surface area contributed by atoms with Crippen LogP contribution in [0.25, 0.3) is 0 Å². The second kappa shape index (κ2) is 5.67. The highest BCUT2D eigenvalue weighted by Gasteiger charge is 2.21. The van der Waals surface area contributed by atoms with Crippen LogP contribution in [-0.4, -0.2) is 16.3 Å². The number of aromatic nitrogens is 2. The Labute approximate surface area is 104 Å². The normalized spacial score (nSPS) is 16.2. The molecule has 96 valence electrons. The van der Waals surface area contributed by atoms with Gasteiger partial charge in [-0.15, -0.1) is 0 Å². The molecule has 0 saturated heterocycles. The summed E-state index contributed by atoms with van der Waals surface area (Å²) in [5.41, 5.74) is 9.85. The number of hydrogen-bond donors (Lipinski definition) is 1. The summed E-state index contributed by atoms with van der Waals surface area (Å²) in [6.45, 7) is 6.28. The molecule has 2 rings (SSSR count). The second-order valence-electron chi connectivity index (χ2n) is 5.10. The van der Waals surface area contributed by atoms with Crippen LogP contribution in [0.5, 0.6) is 0 Å². The van der Waals surface area contributed by atoms with Crippen LogP contribution in [0.2, 0.25) is 0 Å². The molecule has 2 N–H and O–H groups in total. The topological polar surface area (TPSA) is 43.8 Å². The summed E-state index contributed by atoms with van der Waals surface area (Å²) in [6, 6.07) is 0. The van der Waals surface area contributed by atoms with Gasteiger partial charge in [-0.3, -0.25) is 4.68 Å². The Morgan fingerprint density at radius 2 is 2.06 bits per heavy atom. The van der Waals surface area contributed by atoms with E-state index in [0.717, 1.165) is 38.3 Å². The Balaban J connectivity index is 2.23. The number of nitrogens with two attached hydrogens (primary N) is 1. The SMILES string of the molecule is CCc1nn(CC2CCC2)c(CC)c1CCN. The average Bonchev–Trinajstić information content (AvgIpc) is 2.61. The fraction of sp³-hybridized carbons (Fsp3) is 0.786. The third-order valence-corrected chi connectivity index (χ3v) is 3.97. The molecule has 1 heterocycles. The van der Waals surface area contributed by atoms with E-state index in [1.54, 1.807) is 0 Å². The minimum atomic E-state index is 0.731. The smallest absolute Gasteiger partial charge is 0.0657 e. The molecule has 0 atom stereocenters. The van der Waals surface area contributed by atoms with Crippen molar-refractivity contribution in [3.8, 4) is 0 Å². The van der Waals surface area contributed by atoms with Crippen LogP contribution < -0.4 is 5.73 Å². The van der Waals surface area contributed by atoms with Gasteiger partial charge in [0.05, 0.1) is 5.69 Å². The number of aryl methyl sites for hydroxylation is 1. The Morgan fingerprint density at radius 3 is 2.53 bits per heavy atom. The monoisotopic (exact) mass is 235 g/mol. The van der Waals surface area contributed by atoms with Crippen molar-refractivity contribution < 1.29 is 0 Å². The Bertz CT molecular complexity index is 364. The molecule has 1 aromatic heterocycles. The molecule has 1 aromatic rings. The fourth-order valence-corrected chi connectivity index (χ4v) is 2.77. The van der Waals surface area contributed by atoms with Crippen molar-refractivity contribution in [1.29, 1.82) is 0 Å². The molecule has 1 aliphatic carbocycles. The molecular formula is C14H25N3. The highest BCUT2D eigenvalue weighted by atomic mass is 15.3. The molecule has 0 spiro atoms. The first-order chi connectivity index (χ1) is 8.30. The van der Waals surface area contributed by atoms with Gasteiger partial charge in [-0.25, -0.2) is 0 Å². The summed E-state index contributed by atoms with van der Waals surface area (Å²) in [4.78, 5) is 0. The van der Waals surface area contributed by atoms with E-state index >= 15 is 0 Å². The quantitative estimate of drug-likeness (QED) is 0.822. The number of hydrogen-bond acceptors (Lipinski definition) is 2. The van der Waals surface area contributed by atoms with Crippen molar-refractivity contribution in [1.82, 2.24) is 9.78 Å². The third kappa shape index (κ3) is 2.54. The molecular weight excluding hydrogens is 210 g/mol. The summed E-state index contributed by atoms with van der Waals surface area (Å²) in [5.74, 6) is 0.871. The maximum atomic E-state index is 5.72. The van der Waals surface area contributed by atoms with Gasteiger partial charge in [0.2, 0.25) is 0 Å². The summed E-state index contributed by atoms with van der Waals surface area (Å²) < 4.78 is 2.27. The van der Waals surface area contributed by atoms with Crippen LogP contribution in [0.1, 0.15) is 50.1 Å². The van der Waals surface area contributed by atoms with E-state index in [-0.39, 0.29) is 0 Å². The van der Waals surface area contributed by atoms with E-state index in [4.69, 9.17) is 10.8 Å². The van der Waals surface area contributed by atoms with Crippen molar-refractivity contribution in [2.24, 2.45) is 11.7 Å². The van der Waals surface area contributed by atoms with Gasteiger partial charge in [0.15, 0.2) is 0 Å². The molecule has 0 amide bonds. The predicted octanol–water partition coefficient (Wildman–Crippen LogP) is 2.31. The average molecular weight is 235 g/mol. The summed E-state index contributed by atoms with van der Waals surface area (Å²) in [5, 5.41) is 4.80. The van der Waals surface area contributed by atoms with Gasteiger partial charge in [0, 0.05) is 12.2 Å². The van der Waals surface area contributed by atoms with Gasteiger partial charge in [-0.1, -0.05) is 20.3 Å². The second-order valence-corrected chi connectivity index (χ2v) is 5.10.